The first-order valence-corrected chi connectivity index (χ1v) is 4.29. The highest BCUT2D eigenvalue weighted by Gasteiger charge is 2.04. The van der Waals surface area contributed by atoms with Gasteiger partial charge >= 0.3 is 0 Å². The summed E-state index contributed by atoms with van der Waals surface area (Å²) in [7, 11) is 3.98. The molecule has 0 aliphatic carbocycles. The molecule has 0 bridgehead atoms. The lowest BCUT2D eigenvalue weighted by molar-refractivity contribution is 0.277. The van der Waals surface area contributed by atoms with Gasteiger partial charge in [-0.25, -0.2) is 0 Å². The van der Waals surface area contributed by atoms with E-state index in [2.05, 4.69) is 32.7 Å². The van der Waals surface area contributed by atoms with E-state index in [1.165, 1.54) is 19.3 Å². The van der Waals surface area contributed by atoms with Gasteiger partial charge in [0.1, 0.15) is 0 Å². The molecule has 0 rings (SSSR count). The Bertz CT molecular complexity index is 71.1. The van der Waals surface area contributed by atoms with Crippen molar-refractivity contribution in [2.45, 2.75) is 46.1 Å². The molecule has 1 atom stereocenters. The van der Waals surface area contributed by atoms with E-state index in [0.29, 0.717) is 6.04 Å². The molecule has 0 saturated heterocycles. The Morgan fingerprint density at radius 2 is 2.00 bits per heavy atom. The van der Waals surface area contributed by atoms with Crippen molar-refractivity contribution in [3.8, 4) is 0 Å². The summed E-state index contributed by atoms with van der Waals surface area (Å²) >= 11 is 0. The third kappa shape index (κ3) is 3.89. The van der Waals surface area contributed by atoms with Crippen molar-refractivity contribution < 1.29 is 0 Å². The van der Waals surface area contributed by atoms with Crippen LogP contribution in [-0.2, 0) is 0 Å². The van der Waals surface area contributed by atoms with E-state index >= 15 is 0 Å². The predicted octanol–water partition coefficient (Wildman–Crippen LogP) is 2.68. The molecule has 0 fully saturated rings. The van der Waals surface area contributed by atoms with Crippen LogP contribution in [0.3, 0.4) is 0 Å². The SMILES string of the molecule is [CH2]N(CCCC)C(C)CC. The van der Waals surface area contributed by atoms with Crippen LogP contribution in [0.25, 0.3) is 0 Å². The number of rotatable bonds is 5. The Hall–Kier alpha value is -0.0400. The first-order valence-electron chi connectivity index (χ1n) is 4.29. The zero-order valence-electron chi connectivity index (χ0n) is 7.56. The van der Waals surface area contributed by atoms with Gasteiger partial charge in [0.15, 0.2) is 0 Å². The largest absolute Gasteiger partial charge is 0.299 e. The summed E-state index contributed by atoms with van der Waals surface area (Å²) < 4.78 is 0. The minimum atomic E-state index is 0.645. The molecule has 0 aromatic rings. The van der Waals surface area contributed by atoms with Gasteiger partial charge < -0.3 is 0 Å². The molecule has 1 unspecified atom stereocenters. The van der Waals surface area contributed by atoms with Crippen molar-refractivity contribution in [3.05, 3.63) is 7.05 Å². The molecular formula is C9H20N. The smallest absolute Gasteiger partial charge is 0.0112 e. The summed E-state index contributed by atoms with van der Waals surface area (Å²) in [5, 5.41) is 0. The van der Waals surface area contributed by atoms with Gasteiger partial charge in [-0.1, -0.05) is 20.3 Å². The van der Waals surface area contributed by atoms with Crippen LogP contribution in [0.5, 0.6) is 0 Å². The molecule has 1 radical (unpaired) electrons. The Kier molecular flexibility index (Phi) is 5.70. The van der Waals surface area contributed by atoms with E-state index in [0.717, 1.165) is 6.54 Å². The van der Waals surface area contributed by atoms with Crippen LogP contribution in [0.2, 0.25) is 0 Å². The molecule has 0 aromatic carbocycles. The van der Waals surface area contributed by atoms with Gasteiger partial charge in [0.05, 0.1) is 0 Å². The predicted molar refractivity (Wildman–Crippen MR) is 46.7 cm³/mol. The minimum absolute atomic E-state index is 0.645. The van der Waals surface area contributed by atoms with Gasteiger partial charge in [-0.15, -0.1) is 0 Å². The lowest BCUT2D eigenvalue weighted by atomic mass is 10.2. The quantitative estimate of drug-likeness (QED) is 0.570. The Morgan fingerprint density at radius 1 is 1.40 bits per heavy atom. The number of hydrogen-bond donors (Lipinski definition) is 0. The van der Waals surface area contributed by atoms with Gasteiger partial charge in [0.2, 0.25) is 0 Å². The topological polar surface area (TPSA) is 3.24 Å². The van der Waals surface area contributed by atoms with E-state index < -0.39 is 0 Å². The maximum absolute atomic E-state index is 3.98. The molecular weight excluding hydrogens is 122 g/mol. The second kappa shape index (κ2) is 5.72. The lowest BCUT2D eigenvalue weighted by Gasteiger charge is -2.22. The monoisotopic (exact) mass is 142 g/mol. The lowest BCUT2D eigenvalue weighted by Crippen LogP contribution is -2.27. The highest BCUT2D eigenvalue weighted by Crippen LogP contribution is 2.02. The van der Waals surface area contributed by atoms with Crippen molar-refractivity contribution in [2.24, 2.45) is 0 Å². The summed E-state index contributed by atoms with van der Waals surface area (Å²) in [6.07, 6.45) is 3.74. The summed E-state index contributed by atoms with van der Waals surface area (Å²) in [5.74, 6) is 0. The molecule has 0 saturated carbocycles. The van der Waals surface area contributed by atoms with Gasteiger partial charge in [0.25, 0.3) is 0 Å². The molecule has 10 heavy (non-hydrogen) atoms. The van der Waals surface area contributed by atoms with Gasteiger partial charge in [0, 0.05) is 13.1 Å². The normalized spacial score (nSPS) is 14.1. The zero-order valence-corrected chi connectivity index (χ0v) is 7.56. The first-order chi connectivity index (χ1) is 4.72. The molecule has 0 amide bonds. The molecule has 0 spiro atoms. The van der Waals surface area contributed by atoms with Gasteiger partial charge in [-0.2, -0.15) is 0 Å². The van der Waals surface area contributed by atoms with Crippen molar-refractivity contribution in [3.63, 3.8) is 0 Å². The zero-order chi connectivity index (χ0) is 7.98. The highest BCUT2D eigenvalue weighted by molar-refractivity contribution is 4.63. The van der Waals surface area contributed by atoms with E-state index in [4.69, 9.17) is 0 Å². The van der Waals surface area contributed by atoms with E-state index in [1.807, 2.05) is 0 Å². The standard InChI is InChI=1S/C9H20N/c1-5-7-8-10(4)9(3)6-2/h9H,4-8H2,1-3H3. The molecule has 0 aromatic heterocycles. The Labute approximate surface area is 65.4 Å². The van der Waals surface area contributed by atoms with Crippen molar-refractivity contribution in [1.29, 1.82) is 0 Å². The number of nitrogens with zero attached hydrogens (tertiary/aromatic N) is 1. The van der Waals surface area contributed by atoms with Crippen LogP contribution in [0, 0.1) is 7.05 Å². The Morgan fingerprint density at radius 3 is 2.40 bits per heavy atom. The third-order valence-corrected chi connectivity index (χ3v) is 2.01. The summed E-state index contributed by atoms with van der Waals surface area (Å²) in [6.45, 7) is 7.79. The van der Waals surface area contributed by atoms with Gasteiger partial charge in [-0.3, -0.25) is 4.90 Å². The van der Waals surface area contributed by atoms with E-state index in [-0.39, 0.29) is 0 Å². The van der Waals surface area contributed by atoms with Crippen LogP contribution >= 0.6 is 0 Å². The van der Waals surface area contributed by atoms with Crippen LogP contribution in [-0.4, -0.2) is 17.5 Å². The molecule has 1 nitrogen and oxygen atoms in total. The third-order valence-electron chi connectivity index (χ3n) is 2.01. The fourth-order valence-electron chi connectivity index (χ4n) is 0.840. The fourth-order valence-corrected chi connectivity index (χ4v) is 0.840. The van der Waals surface area contributed by atoms with Crippen molar-refractivity contribution >= 4 is 0 Å². The van der Waals surface area contributed by atoms with Crippen LogP contribution in [0.15, 0.2) is 0 Å². The fraction of sp³-hybridized carbons (Fsp3) is 0.889. The molecule has 0 aliphatic rings. The molecule has 0 heterocycles. The van der Waals surface area contributed by atoms with Crippen molar-refractivity contribution in [2.75, 3.05) is 6.54 Å². The maximum Gasteiger partial charge on any atom is 0.0112 e. The molecule has 0 N–H and O–H groups in total. The van der Waals surface area contributed by atoms with Crippen LogP contribution in [0.4, 0.5) is 0 Å². The molecule has 1 heteroatoms. The minimum Gasteiger partial charge on any atom is -0.299 e. The summed E-state index contributed by atoms with van der Waals surface area (Å²) in [6, 6.07) is 0.645. The summed E-state index contributed by atoms with van der Waals surface area (Å²) in [4.78, 5) is 2.18. The number of hydrogen-bond acceptors (Lipinski definition) is 1. The van der Waals surface area contributed by atoms with Gasteiger partial charge in [-0.05, 0) is 26.3 Å². The van der Waals surface area contributed by atoms with Crippen molar-refractivity contribution in [1.82, 2.24) is 4.90 Å². The average Bonchev–Trinajstić information content (AvgIpc) is 1.98. The van der Waals surface area contributed by atoms with Crippen LogP contribution < -0.4 is 0 Å². The first kappa shape index (κ1) is 9.96. The second-order valence-corrected chi connectivity index (χ2v) is 2.92. The van der Waals surface area contributed by atoms with E-state index in [1.54, 1.807) is 0 Å². The second-order valence-electron chi connectivity index (χ2n) is 2.92. The molecule has 0 aliphatic heterocycles. The number of unbranched alkanes of at least 4 members (excludes halogenated alkanes) is 1. The maximum atomic E-state index is 3.98. The average molecular weight is 142 g/mol. The highest BCUT2D eigenvalue weighted by atomic mass is 15.1. The van der Waals surface area contributed by atoms with Crippen LogP contribution in [0.1, 0.15) is 40.0 Å². The Balaban J connectivity index is 3.31. The summed E-state index contributed by atoms with van der Waals surface area (Å²) in [5.41, 5.74) is 0. The van der Waals surface area contributed by atoms with E-state index in [9.17, 15) is 0 Å². The molecule has 61 valence electrons.